The summed E-state index contributed by atoms with van der Waals surface area (Å²) in [4.78, 5) is 13.0. The maximum atomic E-state index is 13.6. The Morgan fingerprint density at radius 1 is 0.914 bits per heavy atom. The molecular weight excluding hydrogens is 476 g/mol. The zero-order valence-corrected chi connectivity index (χ0v) is 22.5. The molecule has 0 aliphatic carbocycles. The van der Waals surface area contributed by atoms with E-state index < -0.39 is 10.0 Å². The molecule has 0 fully saturated rings. The van der Waals surface area contributed by atoms with Gasteiger partial charge in [0.1, 0.15) is 6.54 Å². The highest BCUT2D eigenvalue weighted by atomic mass is 32.2. The minimum absolute atomic E-state index is 0.171. The topological polar surface area (TPSA) is 66.5 Å². The number of nitrogens with one attached hydrogen (secondary N) is 1. The van der Waals surface area contributed by atoms with Crippen molar-refractivity contribution in [2.75, 3.05) is 23.1 Å². The molecule has 0 spiro atoms. The third-order valence-corrected chi connectivity index (χ3v) is 8.77. The number of nitrogens with zero attached hydrogens (tertiary/aromatic N) is 1. The molecule has 5 nitrogen and oxygen atoms in total. The fraction of sp³-hybridized carbons (Fsp3) is 0.321. The van der Waals surface area contributed by atoms with Crippen LogP contribution in [0.2, 0.25) is 0 Å². The van der Waals surface area contributed by atoms with Gasteiger partial charge in [-0.25, -0.2) is 8.42 Å². The minimum Gasteiger partial charge on any atom is -0.354 e. The van der Waals surface area contributed by atoms with Crippen LogP contribution in [-0.2, 0) is 20.6 Å². The van der Waals surface area contributed by atoms with Crippen molar-refractivity contribution >= 4 is 33.4 Å². The van der Waals surface area contributed by atoms with E-state index in [2.05, 4.69) is 36.5 Å². The zero-order valence-electron chi connectivity index (χ0n) is 20.9. The van der Waals surface area contributed by atoms with Crippen LogP contribution < -0.4 is 9.62 Å². The van der Waals surface area contributed by atoms with Gasteiger partial charge in [0.25, 0.3) is 10.0 Å². The van der Waals surface area contributed by atoms with Crippen LogP contribution in [0.15, 0.2) is 71.6 Å². The Balaban J connectivity index is 1.63. The van der Waals surface area contributed by atoms with Gasteiger partial charge in [-0.1, -0.05) is 59.7 Å². The quantitative estimate of drug-likeness (QED) is 0.343. The number of thioether (sulfide) groups is 1. The van der Waals surface area contributed by atoms with E-state index in [1.807, 2.05) is 44.7 Å². The first-order valence-electron chi connectivity index (χ1n) is 11.7. The molecule has 35 heavy (non-hydrogen) atoms. The van der Waals surface area contributed by atoms with Crippen LogP contribution >= 0.6 is 11.8 Å². The van der Waals surface area contributed by atoms with E-state index >= 15 is 0 Å². The number of hydrogen-bond acceptors (Lipinski definition) is 4. The number of sulfonamides is 1. The van der Waals surface area contributed by atoms with E-state index in [1.54, 1.807) is 30.3 Å². The van der Waals surface area contributed by atoms with Gasteiger partial charge in [0.2, 0.25) is 5.91 Å². The summed E-state index contributed by atoms with van der Waals surface area (Å²) in [6.45, 7) is 8.05. The first-order valence-corrected chi connectivity index (χ1v) is 14.3. The summed E-state index contributed by atoms with van der Waals surface area (Å²) in [5, 5.41) is 2.90. The van der Waals surface area contributed by atoms with Gasteiger partial charge >= 0.3 is 0 Å². The Bertz CT molecular complexity index is 1260. The van der Waals surface area contributed by atoms with Gasteiger partial charge in [0.15, 0.2) is 0 Å². The van der Waals surface area contributed by atoms with Crippen molar-refractivity contribution in [1.82, 2.24) is 5.32 Å². The molecule has 7 heteroatoms. The number of carbonyl (C=O) groups excluding carboxylic acids is 1. The largest absolute Gasteiger partial charge is 0.354 e. The van der Waals surface area contributed by atoms with Crippen molar-refractivity contribution in [3.05, 3.63) is 94.5 Å². The smallest absolute Gasteiger partial charge is 0.264 e. The molecule has 1 N–H and O–H groups in total. The number of aryl methyl sites for hydroxylation is 3. The maximum Gasteiger partial charge on any atom is 0.264 e. The molecule has 0 saturated carbocycles. The van der Waals surface area contributed by atoms with Crippen LogP contribution in [0, 0.1) is 27.7 Å². The van der Waals surface area contributed by atoms with Gasteiger partial charge in [0.05, 0.1) is 10.6 Å². The molecule has 3 rings (SSSR count). The van der Waals surface area contributed by atoms with E-state index in [0.29, 0.717) is 12.2 Å². The molecule has 186 valence electrons. The molecule has 0 saturated heterocycles. The van der Waals surface area contributed by atoms with Crippen molar-refractivity contribution in [3.8, 4) is 0 Å². The third kappa shape index (κ3) is 7.36. The number of hydrogen-bond donors (Lipinski definition) is 1. The number of anilines is 1. The standard InChI is InChI=1S/C28H34N2O3S2/c1-21-12-14-26(15-13-21)35(32,33)30(27-11-6-9-23(3)24(27)4)19-28(31)29-16-7-17-34-20-25-10-5-8-22(2)18-25/h5-6,8-15,18H,7,16-17,19-20H2,1-4H3,(H,29,31). The summed E-state index contributed by atoms with van der Waals surface area (Å²) in [7, 11) is -3.91. The second kappa shape index (κ2) is 12.3. The van der Waals surface area contributed by atoms with Crippen LogP contribution in [0.3, 0.4) is 0 Å². The molecule has 0 radical (unpaired) electrons. The van der Waals surface area contributed by atoms with E-state index in [9.17, 15) is 13.2 Å². The zero-order chi connectivity index (χ0) is 25.4. The summed E-state index contributed by atoms with van der Waals surface area (Å²) < 4.78 is 28.3. The highest BCUT2D eigenvalue weighted by molar-refractivity contribution is 7.98. The maximum absolute atomic E-state index is 13.6. The Morgan fingerprint density at radius 3 is 2.34 bits per heavy atom. The molecule has 0 heterocycles. The molecule has 0 aromatic heterocycles. The van der Waals surface area contributed by atoms with Crippen LogP contribution in [0.25, 0.3) is 0 Å². The molecule has 0 aliphatic heterocycles. The molecule has 3 aromatic carbocycles. The lowest BCUT2D eigenvalue weighted by Crippen LogP contribution is -2.41. The van der Waals surface area contributed by atoms with Gasteiger partial charge in [-0.05, 0) is 74.8 Å². The highest BCUT2D eigenvalue weighted by Gasteiger charge is 2.28. The molecule has 3 aromatic rings. The molecular formula is C28H34N2O3S2. The average molecular weight is 511 g/mol. The molecule has 1 amide bonds. The first-order chi connectivity index (χ1) is 16.7. The van der Waals surface area contributed by atoms with E-state index in [4.69, 9.17) is 0 Å². The van der Waals surface area contributed by atoms with Gasteiger partial charge in [-0.15, -0.1) is 0 Å². The second-order valence-electron chi connectivity index (χ2n) is 8.79. The molecule has 0 bridgehead atoms. The van der Waals surface area contributed by atoms with Crippen molar-refractivity contribution in [2.45, 2.75) is 44.8 Å². The summed E-state index contributed by atoms with van der Waals surface area (Å²) in [6, 6.07) is 20.7. The molecule has 0 unspecified atom stereocenters. The van der Waals surface area contributed by atoms with Gasteiger partial charge < -0.3 is 5.32 Å². The normalized spacial score (nSPS) is 11.3. The minimum atomic E-state index is -3.91. The summed E-state index contributed by atoms with van der Waals surface area (Å²) in [5.74, 6) is 1.53. The lowest BCUT2D eigenvalue weighted by atomic mass is 10.1. The van der Waals surface area contributed by atoms with Crippen molar-refractivity contribution in [1.29, 1.82) is 0 Å². The summed E-state index contributed by atoms with van der Waals surface area (Å²) >= 11 is 1.83. The SMILES string of the molecule is Cc1ccc(S(=O)(=O)N(CC(=O)NCCCSCc2cccc(C)c2)c2cccc(C)c2C)cc1. The monoisotopic (exact) mass is 510 g/mol. The van der Waals surface area contributed by atoms with Crippen molar-refractivity contribution in [3.63, 3.8) is 0 Å². The van der Waals surface area contributed by atoms with Crippen LogP contribution in [-0.4, -0.2) is 33.2 Å². The van der Waals surface area contributed by atoms with Gasteiger partial charge in [-0.3, -0.25) is 9.10 Å². The Kier molecular flexibility index (Phi) is 9.40. The Morgan fingerprint density at radius 2 is 1.63 bits per heavy atom. The summed E-state index contributed by atoms with van der Waals surface area (Å²) in [6.07, 6.45) is 0.816. The van der Waals surface area contributed by atoms with E-state index in [1.165, 1.54) is 15.4 Å². The lowest BCUT2D eigenvalue weighted by molar-refractivity contribution is -0.119. The van der Waals surface area contributed by atoms with Crippen LogP contribution in [0.5, 0.6) is 0 Å². The van der Waals surface area contributed by atoms with Gasteiger partial charge in [0, 0.05) is 12.3 Å². The summed E-state index contributed by atoms with van der Waals surface area (Å²) in [5.41, 5.74) is 5.85. The van der Waals surface area contributed by atoms with Crippen molar-refractivity contribution < 1.29 is 13.2 Å². The van der Waals surface area contributed by atoms with E-state index in [-0.39, 0.29) is 17.3 Å². The Labute approximate surface area is 214 Å². The number of benzene rings is 3. The molecule has 0 aliphatic rings. The number of rotatable bonds is 11. The van der Waals surface area contributed by atoms with Crippen LogP contribution in [0.1, 0.15) is 34.2 Å². The van der Waals surface area contributed by atoms with Gasteiger partial charge in [-0.2, -0.15) is 11.8 Å². The number of carbonyl (C=O) groups is 1. The third-order valence-electron chi connectivity index (χ3n) is 5.88. The Hall–Kier alpha value is -2.77. The van der Waals surface area contributed by atoms with Crippen molar-refractivity contribution in [2.24, 2.45) is 0 Å². The fourth-order valence-corrected chi connectivity index (χ4v) is 6.11. The van der Waals surface area contributed by atoms with Crippen LogP contribution in [0.4, 0.5) is 5.69 Å². The average Bonchev–Trinajstić information content (AvgIpc) is 2.82. The lowest BCUT2D eigenvalue weighted by Gasteiger charge is -2.26. The first kappa shape index (κ1) is 26.8. The molecule has 0 atom stereocenters. The highest BCUT2D eigenvalue weighted by Crippen LogP contribution is 2.28. The fourth-order valence-electron chi connectivity index (χ4n) is 3.72. The van der Waals surface area contributed by atoms with E-state index in [0.717, 1.165) is 34.6 Å². The number of amides is 1. The predicted octanol–water partition coefficient (Wildman–Crippen LogP) is 5.56. The predicted molar refractivity (Wildman–Crippen MR) is 147 cm³/mol. The second-order valence-corrected chi connectivity index (χ2v) is 11.8.